The molecule has 0 radical (unpaired) electrons. The molecule has 6 nitrogen and oxygen atoms in total. The van der Waals surface area contributed by atoms with Crippen molar-refractivity contribution in [1.82, 2.24) is 10.6 Å². The number of benzene rings is 2. The Morgan fingerprint density at radius 1 is 0.931 bits per heavy atom. The van der Waals surface area contributed by atoms with Crippen molar-refractivity contribution in [3.63, 3.8) is 0 Å². The van der Waals surface area contributed by atoms with Crippen LogP contribution in [-0.4, -0.2) is 40.9 Å². The van der Waals surface area contributed by atoms with Crippen LogP contribution < -0.4 is 24.8 Å². The molecule has 2 aromatic carbocycles. The largest absolute Gasteiger partial charge is 0.493 e. The zero-order valence-electron chi connectivity index (χ0n) is 16.8. The maximum Gasteiger partial charge on any atom is 0.203 e. The first-order valence-electron chi connectivity index (χ1n) is 8.70. The molecule has 0 aliphatic rings. The van der Waals surface area contributed by atoms with Crippen molar-refractivity contribution in [2.75, 3.05) is 34.9 Å². The van der Waals surface area contributed by atoms with Gasteiger partial charge in [0.15, 0.2) is 17.5 Å². The molecule has 2 rings (SSSR count). The van der Waals surface area contributed by atoms with E-state index in [0.717, 1.165) is 23.8 Å². The molecule has 0 spiro atoms. The number of nitrogens with zero attached hydrogens (tertiary/aromatic N) is 1. The van der Waals surface area contributed by atoms with Crippen molar-refractivity contribution in [2.45, 2.75) is 13.0 Å². The van der Waals surface area contributed by atoms with Gasteiger partial charge in [-0.3, -0.25) is 4.99 Å². The number of guanidine groups is 1. The number of aliphatic imine (C=N–C) groups is 1. The number of rotatable bonds is 8. The summed E-state index contributed by atoms with van der Waals surface area (Å²) in [5.41, 5.74) is 1.16. The first-order chi connectivity index (χ1) is 13.5. The molecule has 0 bridgehead atoms. The second-order valence-electron chi connectivity index (χ2n) is 5.83. The molecule has 0 unspecified atom stereocenters. The van der Waals surface area contributed by atoms with Crippen LogP contribution in [0.4, 0.5) is 8.78 Å². The van der Waals surface area contributed by atoms with Gasteiger partial charge in [0.05, 0.1) is 21.3 Å². The molecule has 0 saturated heterocycles. The van der Waals surface area contributed by atoms with Crippen molar-refractivity contribution in [3.8, 4) is 17.2 Å². The number of hydrogen-bond acceptors (Lipinski definition) is 4. The first-order valence-corrected chi connectivity index (χ1v) is 8.70. The van der Waals surface area contributed by atoms with Crippen molar-refractivity contribution in [1.29, 1.82) is 0 Å². The molecule has 160 valence electrons. The minimum atomic E-state index is -0.485. The molecule has 0 atom stereocenters. The molecule has 2 N–H and O–H groups in total. The lowest BCUT2D eigenvalue weighted by molar-refractivity contribution is 0.322. The molecule has 29 heavy (non-hydrogen) atoms. The summed E-state index contributed by atoms with van der Waals surface area (Å²) >= 11 is 0. The Hall–Kier alpha value is -2.30. The quantitative estimate of drug-likeness (QED) is 0.317. The summed E-state index contributed by atoms with van der Waals surface area (Å²) in [6, 6.07) is 7.06. The predicted molar refractivity (Wildman–Crippen MR) is 120 cm³/mol. The van der Waals surface area contributed by atoms with Gasteiger partial charge in [-0.1, -0.05) is 6.07 Å². The predicted octanol–water partition coefficient (Wildman–Crippen LogP) is 3.52. The van der Waals surface area contributed by atoms with Crippen LogP contribution in [-0.2, 0) is 13.0 Å². The minimum absolute atomic E-state index is 0. The van der Waals surface area contributed by atoms with Crippen LogP contribution in [0.15, 0.2) is 35.3 Å². The third-order valence-electron chi connectivity index (χ3n) is 4.15. The summed E-state index contributed by atoms with van der Waals surface area (Å²) in [5.74, 6) is 1.25. The van der Waals surface area contributed by atoms with E-state index in [1.54, 1.807) is 28.4 Å². The Morgan fingerprint density at radius 3 is 2.28 bits per heavy atom. The standard InChI is InChI=1S/C20H25F2N3O3.HI/c1-23-20(25-12-14-11-15(21)6-7-16(14)22)24-10-9-13-5-8-17(26-2)19(28-4)18(13)27-3;/h5-8,11H,9-10,12H2,1-4H3,(H2,23,24,25);1H. The fourth-order valence-electron chi connectivity index (χ4n) is 2.75. The Kier molecular flexibility index (Phi) is 10.5. The molecule has 0 aromatic heterocycles. The van der Waals surface area contributed by atoms with Crippen molar-refractivity contribution < 1.29 is 23.0 Å². The maximum atomic E-state index is 13.7. The van der Waals surface area contributed by atoms with Crippen LogP contribution in [0.2, 0.25) is 0 Å². The highest BCUT2D eigenvalue weighted by Crippen LogP contribution is 2.39. The van der Waals surface area contributed by atoms with Gasteiger partial charge >= 0.3 is 0 Å². The summed E-state index contributed by atoms with van der Waals surface area (Å²) in [6.45, 7) is 0.653. The third kappa shape index (κ3) is 6.62. The van der Waals surface area contributed by atoms with Gasteiger partial charge in [-0.15, -0.1) is 24.0 Å². The highest BCUT2D eigenvalue weighted by atomic mass is 127. The van der Waals surface area contributed by atoms with Gasteiger partial charge in [-0.2, -0.15) is 0 Å². The second kappa shape index (κ2) is 12.3. The van der Waals surface area contributed by atoms with E-state index in [-0.39, 0.29) is 36.1 Å². The SMILES string of the molecule is CN=C(NCCc1ccc(OC)c(OC)c1OC)NCc1cc(F)ccc1F.I. The van der Waals surface area contributed by atoms with Gasteiger partial charge in [0.2, 0.25) is 5.75 Å². The lowest BCUT2D eigenvalue weighted by Gasteiger charge is -2.17. The molecule has 0 fully saturated rings. The summed E-state index contributed by atoms with van der Waals surface area (Å²) in [7, 11) is 6.30. The highest BCUT2D eigenvalue weighted by Gasteiger charge is 2.15. The van der Waals surface area contributed by atoms with E-state index in [4.69, 9.17) is 14.2 Å². The molecular formula is C20H26F2IN3O3. The Morgan fingerprint density at radius 2 is 1.66 bits per heavy atom. The number of ether oxygens (including phenoxy) is 3. The van der Waals surface area contributed by atoms with Crippen LogP contribution in [0.25, 0.3) is 0 Å². The summed E-state index contributed by atoms with van der Waals surface area (Å²) in [5, 5.41) is 6.10. The number of hydrogen-bond donors (Lipinski definition) is 2. The van der Waals surface area contributed by atoms with Crippen LogP contribution in [0.5, 0.6) is 17.2 Å². The van der Waals surface area contributed by atoms with Gasteiger partial charge in [0.1, 0.15) is 11.6 Å². The average Bonchev–Trinajstić information content (AvgIpc) is 2.71. The van der Waals surface area contributed by atoms with Gasteiger partial charge in [0, 0.05) is 31.3 Å². The van der Waals surface area contributed by atoms with E-state index in [1.165, 1.54) is 0 Å². The Bertz CT molecular complexity index is 835. The molecule has 2 aromatic rings. The number of nitrogens with one attached hydrogen (secondary N) is 2. The minimum Gasteiger partial charge on any atom is -0.493 e. The number of methoxy groups -OCH3 is 3. The van der Waals surface area contributed by atoms with Crippen molar-refractivity contribution in [3.05, 3.63) is 53.1 Å². The zero-order valence-corrected chi connectivity index (χ0v) is 19.2. The molecule has 9 heteroatoms. The van der Waals surface area contributed by atoms with E-state index >= 15 is 0 Å². The fourth-order valence-corrected chi connectivity index (χ4v) is 2.75. The topological polar surface area (TPSA) is 64.1 Å². The summed E-state index contributed by atoms with van der Waals surface area (Å²) in [4.78, 5) is 4.09. The molecular weight excluding hydrogens is 495 g/mol. The van der Waals surface area contributed by atoms with Gasteiger partial charge in [0.25, 0.3) is 0 Å². The molecule has 0 heterocycles. The van der Waals surface area contributed by atoms with Crippen molar-refractivity contribution >= 4 is 29.9 Å². The van der Waals surface area contributed by atoms with Gasteiger partial charge in [-0.25, -0.2) is 8.78 Å². The Labute approximate surface area is 186 Å². The number of halogens is 3. The lowest BCUT2D eigenvalue weighted by atomic mass is 10.1. The van der Waals surface area contributed by atoms with Crippen LogP contribution in [0.3, 0.4) is 0 Å². The summed E-state index contributed by atoms with van der Waals surface area (Å²) in [6.07, 6.45) is 0.624. The highest BCUT2D eigenvalue weighted by molar-refractivity contribution is 14.0. The first kappa shape index (κ1) is 24.7. The van der Waals surface area contributed by atoms with Gasteiger partial charge < -0.3 is 24.8 Å². The molecule has 0 saturated carbocycles. The van der Waals surface area contributed by atoms with Crippen molar-refractivity contribution in [2.24, 2.45) is 4.99 Å². The molecule has 0 aliphatic carbocycles. The third-order valence-corrected chi connectivity index (χ3v) is 4.15. The lowest BCUT2D eigenvalue weighted by Crippen LogP contribution is -2.38. The van der Waals surface area contributed by atoms with E-state index < -0.39 is 11.6 Å². The molecule has 0 amide bonds. The van der Waals surface area contributed by atoms with E-state index in [1.807, 2.05) is 12.1 Å². The van der Waals surface area contributed by atoms with Crippen LogP contribution >= 0.6 is 24.0 Å². The second-order valence-corrected chi connectivity index (χ2v) is 5.83. The smallest absolute Gasteiger partial charge is 0.203 e. The average molecular weight is 521 g/mol. The Balaban J connectivity index is 0.00000420. The van der Waals surface area contributed by atoms with Gasteiger partial charge in [-0.05, 0) is 30.7 Å². The van der Waals surface area contributed by atoms with Crippen LogP contribution in [0.1, 0.15) is 11.1 Å². The van der Waals surface area contributed by atoms with Crippen LogP contribution in [0, 0.1) is 11.6 Å². The zero-order chi connectivity index (χ0) is 20.5. The van der Waals surface area contributed by atoms with E-state index in [0.29, 0.717) is 36.2 Å². The monoisotopic (exact) mass is 521 g/mol. The van der Waals surface area contributed by atoms with E-state index in [2.05, 4.69) is 15.6 Å². The normalized spacial score (nSPS) is 10.8. The molecule has 0 aliphatic heterocycles. The maximum absolute atomic E-state index is 13.7. The fraction of sp³-hybridized carbons (Fsp3) is 0.350. The van der Waals surface area contributed by atoms with E-state index in [9.17, 15) is 8.78 Å². The summed E-state index contributed by atoms with van der Waals surface area (Å²) < 4.78 is 43.1.